The number of hydrogen-bond donors (Lipinski definition) is 1. The second kappa shape index (κ2) is 5.18. The Labute approximate surface area is 123 Å². The summed E-state index contributed by atoms with van der Waals surface area (Å²) in [5, 5.41) is 1.16. The lowest BCUT2D eigenvalue weighted by Crippen LogP contribution is -1.96. The van der Waals surface area contributed by atoms with Crippen molar-refractivity contribution in [1.82, 2.24) is 4.98 Å². The highest BCUT2D eigenvalue weighted by Crippen LogP contribution is 2.32. The molecule has 0 spiro atoms. The number of pyridine rings is 1. The summed E-state index contributed by atoms with van der Waals surface area (Å²) < 4.78 is 32.6. The van der Waals surface area contributed by atoms with Crippen LogP contribution in [0.15, 0.2) is 42.6 Å². The zero-order valence-electron chi connectivity index (χ0n) is 10.6. The summed E-state index contributed by atoms with van der Waals surface area (Å²) in [6, 6.07) is 8.37. The number of benzene rings is 2. The van der Waals surface area contributed by atoms with Crippen LogP contribution in [0.1, 0.15) is 0 Å². The molecule has 0 atom stereocenters. The Morgan fingerprint density at radius 1 is 1.00 bits per heavy atom. The third-order valence-electron chi connectivity index (χ3n) is 2.94. The normalized spacial score (nSPS) is 10.8. The minimum atomic E-state index is -0.743. The zero-order chi connectivity index (χ0) is 15.0. The van der Waals surface area contributed by atoms with Gasteiger partial charge in [0, 0.05) is 28.7 Å². The largest absolute Gasteiger partial charge is 0.453 e. The van der Waals surface area contributed by atoms with Crippen molar-refractivity contribution in [3.05, 3.63) is 59.3 Å². The van der Waals surface area contributed by atoms with Gasteiger partial charge in [-0.1, -0.05) is 11.6 Å². The minimum Gasteiger partial charge on any atom is -0.453 e. The molecular formula is C15H9ClF2N2O. The SMILES string of the molecule is Nc1cc(F)c(Oc2ccnc3cc(Cl)ccc23)cc1F. The summed E-state index contributed by atoms with van der Waals surface area (Å²) >= 11 is 5.89. The first kappa shape index (κ1) is 13.6. The number of nitrogens with two attached hydrogens (primary N) is 1. The second-order valence-electron chi connectivity index (χ2n) is 4.38. The predicted molar refractivity (Wildman–Crippen MR) is 77.6 cm³/mol. The van der Waals surface area contributed by atoms with E-state index in [0.29, 0.717) is 21.7 Å². The van der Waals surface area contributed by atoms with Crippen LogP contribution in [0.2, 0.25) is 5.02 Å². The van der Waals surface area contributed by atoms with Crippen molar-refractivity contribution in [3.63, 3.8) is 0 Å². The van der Waals surface area contributed by atoms with Gasteiger partial charge in [0.05, 0.1) is 11.2 Å². The van der Waals surface area contributed by atoms with Gasteiger partial charge in [0.2, 0.25) is 0 Å². The molecule has 6 heteroatoms. The summed E-state index contributed by atoms with van der Waals surface area (Å²) in [6.45, 7) is 0. The fraction of sp³-hybridized carbons (Fsp3) is 0. The van der Waals surface area contributed by atoms with Gasteiger partial charge in [0.25, 0.3) is 0 Å². The molecule has 3 nitrogen and oxygen atoms in total. The van der Waals surface area contributed by atoms with E-state index >= 15 is 0 Å². The van der Waals surface area contributed by atoms with Gasteiger partial charge in [-0.3, -0.25) is 4.98 Å². The lowest BCUT2D eigenvalue weighted by Gasteiger charge is -2.10. The van der Waals surface area contributed by atoms with Crippen LogP contribution >= 0.6 is 11.6 Å². The molecule has 0 aliphatic rings. The number of halogens is 3. The fourth-order valence-corrected chi connectivity index (χ4v) is 2.09. The zero-order valence-corrected chi connectivity index (χ0v) is 11.4. The maximum atomic E-state index is 13.8. The number of ether oxygens (including phenoxy) is 1. The molecule has 0 aliphatic heterocycles. The topological polar surface area (TPSA) is 48.1 Å². The highest BCUT2D eigenvalue weighted by Gasteiger charge is 2.12. The Balaban J connectivity index is 2.08. The average molecular weight is 307 g/mol. The van der Waals surface area contributed by atoms with E-state index in [1.807, 2.05) is 0 Å². The molecule has 0 saturated carbocycles. The van der Waals surface area contributed by atoms with Crippen LogP contribution in [0.3, 0.4) is 0 Å². The van der Waals surface area contributed by atoms with Gasteiger partial charge in [-0.2, -0.15) is 0 Å². The van der Waals surface area contributed by atoms with Gasteiger partial charge in [-0.25, -0.2) is 8.78 Å². The van der Waals surface area contributed by atoms with Crippen molar-refractivity contribution in [2.24, 2.45) is 0 Å². The average Bonchev–Trinajstić information content (AvgIpc) is 2.44. The molecular weight excluding hydrogens is 298 g/mol. The van der Waals surface area contributed by atoms with Gasteiger partial charge in [-0.05, 0) is 24.3 Å². The Morgan fingerprint density at radius 3 is 2.62 bits per heavy atom. The first-order valence-electron chi connectivity index (χ1n) is 6.01. The number of rotatable bonds is 2. The van der Waals surface area contributed by atoms with E-state index in [2.05, 4.69) is 4.98 Å². The summed E-state index contributed by atoms with van der Waals surface area (Å²) in [6.07, 6.45) is 1.50. The molecule has 106 valence electrons. The standard InChI is InChI=1S/C15H9ClF2N2O/c16-8-1-2-9-13(5-8)20-4-3-14(9)21-15-7-10(17)12(19)6-11(15)18/h1-7H,19H2. The van der Waals surface area contributed by atoms with Crippen molar-refractivity contribution in [2.45, 2.75) is 0 Å². The Bertz CT molecular complexity index is 839. The number of anilines is 1. The van der Waals surface area contributed by atoms with Crippen molar-refractivity contribution in [1.29, 1.82) is 0 Å². The van der Waals surface area contributed by atoms with Crippen molar-refractivity contribution >= 4 is 28.2 Å². The molecule has 0 amide bonds. The second-order valence-corrected chi connectivity index (χ2v) is 4.81. The van der Waals surface area contributed by atoms with Crippen molar-refractivity contribution < 1.29 is 13.5 Å². The van der Waals surface area contributed by atoms with Crippen molar-refractivity contribution in [2.75, 3.05) is 5.73 Å². The van der Waals surface area contributed by atoms with Crippen LogP contribution in [0.4, 0.5) is 14.5 Å². The molecule has 2 N–H and O–H groups in total. The fourth-order valence-electron chi connectivity index (χ4n) is 1.92. The molecule has 0 aliphatic carbocycles. The smallest absolute Gasteiger partial charge is 0.167 e. The molecule has 1 aromatic heterocycles. The molecule has 21 heavy (non-hydrogen) atoms. The van der Waals surface area contributed by atoms with E-state index in [1.54, 1.807) is 24.3 Å². The molecule has 0 saturated heterocycles. The van der Waals surface area contributed by atoms with Crippen LogP contribution in [0, 0.1) is 11.6 Å². The summed E-state index contributed by atoms with van der Waals surface area (Å²) in [5.41, 5.74) is 5.62. The lowest BCUT2D eigenvalue weighted by molar-refractivity contribution is 0.441. The molecule has 0 bridgehead atoms. The highest BCUT2D eigenvalue weighted by molar-refractivity contribution is 6.31. The van der Waals surface area contributed by atoms with Gasteiger partial charge in [0.15, 0.2) is 11.6 Å². The van der Waals surface area contributed by atoms with Crippen LogP contribution in [-0.4, -0.2) is 4.98 Å². The quantitative estimate of drug-likeness (QED) is 0.707. The summed E-state index contributed by atoms with van der Waals surface area (Å²) in [4.78, 5) is 4.15. The maximum absolute atomic E-state index is 13.8. The first-order valence-corrected chi connectivity index (χ1v) is 6.39. The lowest BCUT2D eigenvalue weighted by atomic mass is 10.2. The van der Waals surface area contributed by atoms with E-state index in [1.165, 1.54) is 6.20 Å². The van der Waals surface area contributed by atoms with E-state index in [0.717, 1.165) is 12.1 Å². The first-order chi connectivity index (χ1) is 10.0. The van der Waals surface area contributed by atoms with E-state index in [4.69, 9.17) is 22.1 Å². The third kappa shape index (κ3) is 2.60. The van der Waals surface area contributed by atoms with Crippen LogP contribution < -0.4 is 10.5 Å². The van der Waals surface area contributed by atoms with Crippen LogP contribution in [0.5, 0.6) is 11.5 Å². The van der Waals surface area contributed by atoms with Crippen LogP contribution in [0.25, 0.3) is 10.9 Å². The molecule has 3 rings (SSSR count). The number of nitrogens with zero attached hydrogens (tertiary/aromatic N) is 1. The number of hydrogen-bond acceptors (Lipinski definition) is 3. The third-order valence-corrected chi connectivity index (χ3v) is 3.17. The summed E-state index contributed by atoms with van der Waals surface area (Å²) in [5.74, 6) is -1.38. The van der Waals surface area contributed by atoms with Gasteiger partial charge >= 0.3 is 0 Å². The predicted octanol–water partition coefficient (Wildman–Crippen LogP) is 4.54. The Morgan fingerprint density at radius 2 is 1.81 bits per heavy atom. The molecule has 0 radical (unpaired) electrons. The Kier molecular flexibility index (Phi) is 3.35. The van der Waals surface area contributed by atoms with Gasteiger partial charge in [0.1, 0.15) is 11.6 Å². The molecule has 0 fully saturated rings. The van der Waals surface area contributed by atoms with E-state index < -0.39 is 11.6 Å². The molecule has 2 aromatic carbocycles. The van der Waals surface area contributed by atoms with Gasteiger partial charge in [-0.15, -0.1) is 0 Å². The molecule has 3 aromatic rings. The minimum absolute atomic E-state index is 0.246. The van der Waals surface area contributed by atoms with Gasteiger partial charge < -0.3 is 10.5 Å². The van der Waals surface area contributed by atoms with E-state index in [9.17, 15) is 8.78 Å². The molecule has 1 heterocycles. The Hall–Kier alpha value is -2.40. The van der Waals surface area contributed by atoms with Crippen LogP contribution in [-0.2, 0) is 0 Å². The monoisotopic (exact) mass is 306 g/mol. The number of fused-ring (bicyclic) bond motifs is 1. The molecule has 0 unspecified atom stereocenters. The van der Waals surface area contributed by atoms with Crippen molar-refractivity contribution in [3.8, 4) is 11.5 Å². The maximum Gasteiger partial charge on any atom is 0.167 e. The highest BCUT2D eigenvalue weighted by atomic mass is 35.5. The number of aromatic nitrogens is 1. The number of nitrogen functional groups attached to an aromatic ring is 1. The summed E-state index contributed by atoms with van der Waals surface area (Å²) in [7, 11) is 0. The van der Waals surface area contributed by atoms with E-state index in [-0.39, 0.29) is 11.4 Å².